The summed E-state index contributed by atoms with van der Waals surface area (Å²) in [6.07, 6.45) is 5.41. The molecule has 92 valence electrons. The monoisotopic (exact) mass is 234 g/mol. The van der Waals surface area contributed by atoms with Crippen molar-refractivity contribution in [3.05, 3.63) is 12.3 Å². The Balaban J connectivity index is 1.69. The van der Waals surface area contributed by atoms with Crippen LogP contribution in [0.3, 0.4) is 0 Å². The van der Waals surface area contributed by atoms with Crippen molar-refractivity contribution < 1.29 is 4.79 Å². The highest BCUT2D eigenvalue weighted by Gasteiger charge is 2.42. The molecule has 1 amide bonds. The predicted octanol–water partition coefficient (Wildman–Crippen LogP) is 0.747. The van der Waals surface area contributed by atoms with Gasteiger partial charge in [-0.25, -0.2) is 0 Å². The fourth-order valence-corrected chi connectivity index (χ4v) is 3.18. The lowest BCUT2D eigenvalue weighted by Crippen LogP contribution is -2.40. The van der Waals surface area contributed by atoms with Gasteiger partial charge in [-0.3, -0.25) is 9.48 Å². The maximum Gasteiger partial charge on any atom is 0.242 e. The Hall–Kier alpha value is -1.36. The third-order valence-corrected chi connectivity index (χ3v) is 4.10. The summed E-state index contributed by atoms with van der Waals surface area (Å²) in [5, 5.41) is 10.3. The summed E-state index contributed by atoms with van der Waals surface area (Å²) in [6.45, 7) is 0.994. The zero-order valence-corrected chi connectivity index (χ0v) is 10.0. The van der Waals surface area contributed by atoms with Gasteiger partial charge in [-0.1, -0.05) is 6.42 Å². The number of fused-ring (bicyclic) bond motifs is 1. The van der Waals surface area contributed by atoms with Gasteiger partial charge in [0.2, 0.25) is 5.91 Å². The highest BCUT2D eigenvalue weighted by molar-refractivity contribution is 5.94. The summed E-state index contributed by atoms with van der Waals surface area (Å²) in [5.74, 6) is 2.08. The van der Waals surface area contributed by atoms with Gasteiger partial charge in [-0.05, 0) is 31.2 Å². The predicted molar refractivity (Wildman–Crippen MR) is 64.5 cm³/mol. The van der Waals surface area contributed by atoms with Crippen molar-refractivity contribution in [2.75, 3.05) is 11.9 Å². The molecule has 0 spiro atoms. The van der Waals surface area contributed by atoms with Gasteiger partial charge >= 0.3 is 0 Å². The van der Waals surface area contributed by atoms with Crippen LogP contribution in [0.15, 0.2) is 12.3 Å². The zero-order chi connectivity index (χ0) is 11.8. The molecule has 1 aliphatic heterocycles. The van der Waals surface area contributed by atoms with E-state index in [1.807, 2.05) is 13.1 Å². The maximum absolute atomic E-state index is 12.2. The highest BCUT2D eigenvalue weighted by atomic mass is 16.2. The van der Waals surface area contributed by atoms with Gasteiger partial charge in [0.15, 0.2) is 0 Å². The summed E-state index contributed by atoms with van der Waals surface area (Å²) in [7, 11) is 1.83. The SMILES string of the molecule is Cn1nccc1NC(=O)C1NCC2CCCC21. The van der Waals surface area contributed by atoms with Crippen LogP contribution in [-0.2, 0) is 11.8 Å². The summed E-state index contributed by atoms with van der Waals surface area (Å²) >= 11 is 0. The minimum atomic E-state index is -0.0163. The zero-order valence-electron chi connectivity index (χ0n) is 10.0. The van der Waals surface area contributed by atoms with E-state index in [2.05, 4.69) is 15.7 Å². The van der Waals surface area contributed by atoms with Gasteiger partial charge in [0.05, 0.1) is 12.2 Å². The average Bonchev–Trinajstić information content (AvgIpc) is 2.94. The molecule has 0 aromatic carbocycles. The molecule has 2 heterocycles. The van der Waals surface area contributed by atoms with Gasteiger partial charge in [-0.15, -0.1) is 0 Å². The molecule has 0 bridgehead atoms. The lowest BCUT2D eigenvalue weighted by atomic mass is 9.94. The molecule has 0 radical (unpaired) electrons. The van der Waals surface area contributed by atoms with Crippen molar-refractivity contribution in [2.24, 2.45) is 18.9 Å². The third-order valence-electron chi connectivity index (χ3n) is 4.10. The van der Waals surface area contributed by atoms with E-state index in [9.17, 15) is 4.79 Å². The van der Waals surface area contributed by atoms with Crippen LogP contribution in [0.1, 0.15) is 19.3 Å². The molecule has 1 aliphatic carbocycles. The fourth-order valence-electron chi connectivity index (χ4n) is 3.18. The van der Waals surface area contributed by atoms with Crippen LogP contribution < -0.4 is 10.6 Å². The van der Waals surface area contributed by atoms with E-state index in [-0.39, 0.29) is 11.9 Å². The second-order valence-electron chi connectivity index (χ2n) is 5.07. The van der Waals surface area contributed by atoms with Gasteiger partial charge < -0.3 is 10.6 Å². The molecule has 3 unspecified atom stereocenters. The first kappa shape index (κ1) is 10.8. The molecule has 5 heteroatoms. The first-order valence-electron chi connectivity index (χ1n) is 6.28. The number of carbonyl (C=O) groups is 1. The van der Waals surface area contributed by atoms with Gasteiger partial charge in [0.1, 0.15) is 5.82 Å². The van der Waals surface area contributed by atoms with E-state index in [1.54, 1.807) is 10.9 Å². The number of anilines is 1. The molecule has 2 fully saturated rings. The quantitative estimate of drug-likeness (QED) is 0.793. The number of rotatable bonds is 2. The molecule has 2 N–H and O–H groups in total. The van der Waals surface area contributed by atoms with Crippen LogP contribution in [-0.4, -0.2) is 28.3 Å². The number of nitrogens with one attached hydrogen (secondary N) is 2. The van der Waals surface area contributed by atoms with Crippen molar-refractivity contribution in [1.82, 2.24) is 15.1 Å². The van der Waals surface area contributed by atoms with Crippen LogP contribution >= 0.6 is 0 Å². The molecule has 1 aromatic rings. The number of hydrogen-bond acceptors (Lipinski definition) is 3. The highest BCUT2D eigenvalue weighted by Crippen LogP contribution is 2.37. The molecule has 1 aromatic heterocycles. The lowest BCUT2D eigenvalue weighted by Gasteiger charge is -2.17. The first-order chi connectivity index (χ1) is 8.25. The number of aryl methyl sites for hydroxylation is 1. The number of carbonyl (C=O) groups excluding carboxylic acids is 1. The van der Waals surface area contributed by atoms with Crippen LogP contribution in [0.5, 0.6) is 0 Å². The number of hydrogen-bond donors (Lipinski definition) is 2. The topological polar surface area (TPSA) is 59.0 Å². The third kappa shape index (κ3) is 1.84. The van der Waals surface area contributed by atoms with E-state index < -0.39 is 0 Å². The Morgan fingerprint density at radius 2 is 2.47 bits per heavy atom. The summed E-state index contributed by atoms with van der Waals surface area (Å²) in [4.78, 5) is 12.2. The second-order valence-corrected chi connectivity index (χ2v) is 5.07. The van der Waals surface area contributed by atoms with E-state index in [0.717, 1.165) is 12.4 Å². The molecule has 1 saturated heterocycles. The standard InChI is InChI=1S/C12H18N4O/c1-16-10(5-6-14-16)15-12(17)11-9-4-2-3-8(9)7-13-11/h5-6,8-9,11,13H,2-4,7H2,1H3,(H,15,17). The Morgan fingerprint density at radius 1 is 1.59 bits per heavy atom. The molecule has 3 rings (SSSR count). The van der Waals surface area contributed by atoms with Crippen LogP contribution in [0, 0.1) is 11.8 Å². The summed E-state index contributed by atoms with van der Waals surface area (Å²) in [6, 6.07) is 1.80. The van der Waals surface area contributed by atoms with Crippen molar-refractivity contribution in [3.63, 3.8) is 0 Å². The average molecular weight is 234 g/mol. The van der Waals surface area contributed by atoms with E-state index in [1.165, 1.54) is 19.3 Å². The Kier molecular flexibility index (Phi) is 2.63. The van der Waals surface area contributed by atoms with Crippen LogP contribution in [0.4, 0.5) is 5.82 Å². The molecule has 1 saturated carbocycles. The number of nitrogens with zero attached hydrogens (tertiary/aromatic N) is 2. The van der Waals surface area contributed by atoms with Gasteiger partial charge in [0.25, 0.3) is 0 Å². The molecule has 3 atom stereocenters. The Labute approximate surface area is 101 Å². The van der Waals surface area contributed by atoms with Crippen molar-refractivity contribution in [1.29, 1.82) is 0 Å². The van der Waals surface area contributed by atoms with Crippen molar-refractivity contribution in [3.8, 4) is 0 Å². The summed E-state index contributed by atoms with van der Waals surface area (Å²) in [5.41, 5.74) is 0. The minimum absolute atomic E-state index is 0.0163. The largest absolute Gasteiger partial charge is 0.310 e. The molecule has 17 heavy (non-hydrogen) atoms. The minimum Gasteiger partial charge on any atom is -0.310 e. The van der Waals surface area contributed by atoms with E-state index in [4.69, 9.17) is 0 Å². The van der Waals surface area contributed by atoms with Gasteiger partial charge in [0, 0.05) is 13.1 Å². The number of amides is 1. The van der Waals surface area contributed by atoms with E-state index in [0.29, 0.717) is 11.8 Å². The molecule has 2 aliphatic rings. The van der Waals surface area contributed by atoms with E-state index >= 15 is 0 Å². The normalized spacial score (nSPS) is 31.5. The van der Waals surface area contributed by atoms with Crippen LogP contribution in [0.2, 0.25) is 0 Å². The van der Waals surface area contributed by atoms with Gasteiger partial charge in [-0.2, -0.15) is 5.10 Å². The second kappa shape index (κ2) is 4.14. The molecular formula is C12H18N4O. The smallest absolute Gasteiger partial charge is 0.242 e. The first-order valence-corrected chi connectivity index (χ1v) is 6.28. The Morgan fingerprint density at radius 3 is 3.24 bits per heavy atom. The van der Waals surface area contributed by atoms with Crippen LogP contribution in [0.25, 0.3) is 0 Å². The molecule has 5 nitrogen and oxygen atoms in total. The Bertz CT molecular complexity index is 428. The maximum atomic E-state index is 12.2. The van der Waals surface area contributed by atoms with Crippen molar-refractivity contribution in [2.45, 2.75) is 25.3 Å². The van der Waals surface area contributed by atoms with Crippen molar-refractivity contribution >= 4 is 11.7 Å². The molecular weight excluding hydrogens is 216 g/mol. The fraction of sp³-hybridized carbons (Fsp3) is 0.667. The lowest BCUT2D eigenvalue weighted by molar-refractivity contribution is -0.118. The summed E-state index contributed by atoms with van der Waals surface area (Å²) < 4.78 is 1.68. The number of aromatic nitrogens is 2.